The van der Waals surface area contributed by atoms with E-state index in [1.807, 2.05) is 26.8 Å². The van der Waals surface area contributed by atoms with Crippen molar-refractivity contribution in [3.63, 3.8) is 0 Å². The van der Waals surface area contributed by atoms with Gasteiger partial charge in [0.05, 0.1) is 7.11 Å². The Bertz CT molecular complexity index is 940. The summed E-state index contributed by atoms with van der Waals surface area (Å²) in [5.41, 5.74) is 2.43. The molecule has 0 radical (unpaired) electrons. The molecule has 3 aromatic rings. The smallest absolute Gasteiger partial charge is 0.228 e. The zero-order chi connectivity index (χ0) is 18.2. The molecule has 0 fully saturated rings. The topological polar surface area (TPSA) is 56.5 Å². The monoisotopic (exact) mass is 336 g/mol. The van der Waals surface area contributed by atoms with Gasteiger partial charge in [-0.1, -0.05) is 20.8 Å². The lowest BCUT2D eigenvalue weighted by molar-refractivity contribution is 0.101. The van der Waals surface area contributed by atoms with Gasteiger partial charge in [-0.05, 0) is 47.9 Å². The molecule has 0 N–H and O–H groups in total. The maximum atomic E-state index is 12.7. The highest BCUT2D eigenvalue weighted by Crippen LogP contribution is 2.33. The van der Waals surface area contributed by atoms with Crippen molar-refractivity contribution in [2.24, 2.45) is 0 Å². The van der Waals surface area contributed by atoms with Crippen molar-refractivity contribution in [2.75, 3.05) is 7.11 Å². The maximum Gasteiger partial charge on any atom is 0.228 e. The molecule has 0 aliphatic carbocycles. The van der Waals surface area contributed by atoms with Crippen LogP contribution in [0.4, 0.5) is 0 Å². The van der Waals surface area contributed by atoms with Gasteiger partial charge in [-0.2, -0.15) is 0 Å². The second-order valence-electron chi connectivity index (χ2n) is 7.02. The number of methoxy groups -OCH3 is 1. The Balaban J connectivity index is 2.11. The third-order valence-corrected chi connectivity index (χ3v) is 4.16. The number of hydrogen-bond donors (Lipinski definition) is 0. The number of benzene rings is 2. The van der Waals surface area contributed by atoms with Crippen molar-refractivity contribution in [3.8, 4) is 5.75 Å². The lowest BCUT2D eigenvalue weighted by Gasteiger charge is -2.19. The standard InChI is InChI=1S/C21H20O4/c1-21(2,3)17-10-13(12-22)9-15-11-18(25-20(15)17)19(23)14-5-7-16(24-4)8-6-14/h5-12H,1-4H3. The molecular weight excluding hydrogens is 316 g/mol. The molecule has 0 unspecified atom stereocenters. The summed E-state index contributed by atoms with van der Waals surface area (Å²) in [5, 5.41) is 0.756. The van der Waals surface area contributed by atoms with E-state index < -0.39 is 0 Å². The van der Waals surface area contributed by atoms with E-state index in [2.05, 4.69) is 0 Å². The Hall–Kier alpha value is -2.88. The van der Waals surface area contributed by atoms with Crippen molar-refractivity contribution in [1.29, 1.82) is 0 Å². The van der Waals surface area contributed by atoms with Gasteiger partial charge in [0, 0.05) is 22.1 Å². The minimum absolute atomic E-state index is 0.202. The van der Waals surface area contributed by atoms with Gasteiger partial charge >= 0.3 is 0 Å². The lowest BCUT2D eigenvalue weighted by Crippen LogP contribution is -2.11. The lowest BCUT2D eigenvalue weighted by atomic mass is 9.85. The predicted octanol–water partition coefficient (Wildman–Crippen LogP) is 4.78. The second kappa shape index (κ2) is 6.20. The van der Waals surface area contributed by atoms with Crippen LogP contribution in [0.15, 0.2) is 46.9 Å². The van der Waals surface area contributed by atoms with Crippen LogP contribution in [0.2, 0.25) is 0 Å². The molecule has 2 aromatic carbocycles. The zero-order valence-electron chi connectivity index (χ0n) is 14.8. The number of carbonyl (C=O) groups is 2. The molecule has 4 nitrogen and oxygen atoms in total. The van der Waals surface area contributed by atoms with Gasteiger partial charge in [-0.15, -0.1) is 0 Å². The van der Waals surface area contributed by atoms with E-state index in [1.54, 1.807) is 43.5 Å². The van der Waals surface area contributed by atoms with E-state index in [1.165, 1.54) is 0 Å². The Kier molecular flexibility index (Phi) is 4.21. The van der Waals surface area contributed by atoms with Crippen molar-refractivity contribution in [3.05, 3.63) is 64.9 Å². The van der Waals surface area contributed by atoms with Crippen LogP contribution in [0.5, 0.6) is 5.75 Å². The summed E-state index contributed by atoms with van der Waals surface area (Å²) in [5.74, 6) is 0.742. The fourth-order valence-corrected chi connectivity index (χ4v) is 2.80. The molecule has 0 amide bonds. The molecule has 0 atom stereocenters. The van der Waals surface area contributed by atoms with Gasteiger partial charge in [-0.25, -0.2) is 0 Å². The van der Waals surface area contributed by atoms with Gasteiger partial charge in [0.1, 0.15) is 17.6 Å². The molecule has 0 aliphatic rings. The molecule has 128 valence electrons. The molecule has 25 heavy (non-hydrogen) atoms. The Morgan fingerprint density at radius 3 is 2.32 bits per heavy atom. The minimum Gasteiger partial charge on any atom is -0.497 e. The number of carbonyl (C=O) groups excluding carboxylic acids is 2. The number of fused-ring (bicyclic) bond motifs is 1. The molecule has 0 saturated heterocycles. The molecule has 0 bridgehead atoms. The van der Waals surface area contributed by atoms with Crippen molar-refractivity contribution >= 4 is 23.0 Å². The first-order chi connectivity index (χ1) is 11.8. The SMILES string of the molecule is COc1ccc(C(=O)c2cc3cc(C=O)cc(C(C)(C)C)c3o2)cc1. The largest absolute Gasteiger partial charge is 0.497 e. The maximum absolute atomic E-state index is 12.7. The fourth-order valence-electron chi connectivity index (χ4n) is 2.80. The highest BCUT2D eigenvalue weighted by molar-refractivity contribution is 6.09. The van der Waals surface area contributed by atoms with E-state index in [9.17, 15) is 9.59 Å². The van der Waals surface area contributed by atoms with Crippen LogP contribution in [-0.4, -0.2) is 19.2 Å². The third kappa shape index (κ3) is 3.20. The van der Waals surface area contributed by atoms with E-state index in [-0.39, 0.29) is 17.0 Å². The van der Waals surface area contributed by atoms with E-state index in [0.29, 0.717) is 22.5 Å². The van der Waals surface area contributed by atoms with Gasteiger partial charge in [0.25, 0.3) is 0 Å². The average Bonchev–Trinajstić information content (AvgIpc) is 3.03. The average molecular weight is 336 g/mol. The summed E-state index contributed by atoms with van der Waals surface area (Å²) >= 11 is 0. The summed E-state index contributed by atoms with van der Waals surface area (Å²) in [6.07, 6.45) is 0.812. The van der Waals surface area contributed by atoms with E-state index in [0.717, 1.165) is 17.2 Å². The molecule has 4 heteroatoms. The third-order valence-electron chi connectivity index (χ3n) is 4.16. The number of hydrogen-bond acceptors (Lipinski definition) is 4. The summed E-state index contributed by atoms with van der Waals surface area (Å²) < 4.78 is 11.0. The Morgan fingerprint density at radius 1 is 1.08 bits per heavy atom. The van der Waals surface area contributed by atoms with Crippen LogP contribution in [0, 0.1) is 0 Å². The first-order valence-electron chi connectivity index (χ1n) is 8.05. The molecular formula is C21H20O4. The van der Waals surface area contributed by atoms with Gasteiger partial charge in [0.2, 0.25) is 5.78 Å². The number of furan rings is 1. The number of ether oxygens (including phenoxy) is 1. The van der Waals surface area contributed by atoms with Crippen LogP contribution in [-0.2, 0) is 5.41 Å². The molecule has 1 heterocycles. The highest BCUT2D eigenvalue weighted by Gasteiger charge is 2.23. The summed E-state index contributed by atoms with van der Waals surface area (Å²) in [7, 11) is 1.58. The van der Waals surface area contributed by atoms with E-state index in [4.69, 9.17) is 9.15 Å². The molecule has 1 aromatic heterocycles. The van der Waals surface area contributed by atoms with Gasteiger partial charge < -0.3 is 9.15 Å². The van der Waals surface area contributed by atoms with Crippen LogP contribution in [0.25, 0.3) is 11.0 Å². The fraction of sp³-hybridized carbons (Fsp3) is 0.238. The minimum atomic E-state index is -0.213. The predicted molar refractivity (Wildman–Crippen MR) is 96.7 cm³/mol. The first kappa shape index (κ1) is 17.0. The van der Waals surface area contributed by atoms with E-state index >= 15 is 0 Å². The van der Waals surface area contributed by atoms with Crippen molar-refractivity contribution in [1.82, 2.24) is 0 Å². The first-order valence-corrected chi connectivity index (χ1v) is 8.05. The Morgan fingerprint density at radius 2 is 1.76 bits per heavy atom. The normalized spacial score (nSPS) is 11.5. The van der Waals surface area contributed by atoms with Gasteiger partial charge in [0.15, 0.2) is 5.76 Å². The van der Waals surface area contributed by atoms with Crippen LogP contribution in [0.3, 0.4) is 0 Å². The number of aldehydes is 1. The molecule has 0 spiro atoms. The Labute approximate surface area is 146 Å². The van der Waals surface area contributed by atoms with Crippen LogP contribution < -0.4 is 4.74 Å². The molecule has 0 saturated carbocycles. The summed E-state index contributed by atoms with van der Waals surface area (Å²) in [6.45, 7) is 6.14. The quantitative estimate of drug-likeness (QED) is 0.508. The van der Waals surface area contributed by atoms with Crippen molar-refractivity contribution < 1.29 is 18.7 Å². The highest BCUT2D eigenvalue weighted by atomic mass is 16.5. The second-order valence-corrected chi connectivity index (χ2v) is 7.02. The molecule has 3 rings (SSSR count). The van der Waals surface area contributed by atoms with Crippen LogP contribution in [0.1, 0.15) is 52.8 Å². The summed E-state index contributed by atoms with van der Waals surface area (Å²) in [6, 6.07) is 12.1. The number of rotatable bonds is 4. The van der Waals surface area contributed by atoms with Crippen LogP contribution >= 0.6 is 0 Å². The van der Waals surface area contributed by atoms with Gasteiger partial charge in [-0.3, -0.25) is 9.59 Å². The molecule has 0 aliphatic heterocycles. The summed E-state index contributed by atoms with van der Waals surface area (Å²) in [4.78, 5) is 24.0. The van der Waals surface area contributed by atoms with Crippen molar-refractivity contribution in [2.45, 2.75) is 26.2 Å². The number of ketones is 1. The zero-order valence-corrected chi connectivity index (χ0v) is 14.8.